The van der Waals surface area contributed by atoms with Crippen molar-refractivity contribution in [3.05, 3.63) is 29.3 Å². The zero-order valence-electron chi connectivity index (χ0n) is 10.8. The van der Waals surface area contributed by atoms with Gasteiger partial charge in [0.05, 0.1) is 5.56 Å². The molecular formula is C13H18F3N3. The number of hydrogen-bond donors (Lipinski definition) is 2. The Balaban J connectivity index is 2.23. The number of nitrogens with one attached hydrogen (secondary N) is 2. The lowest BCUT2D eigenvalue weighted by Crippen LogP contribution is -2.43. The summed E-state index contributed by atoms with van der Waals surface area (Å²) in [5, 5.41) is 5.94. The average molecular weight is 273 g/mol. The minimum atomic E-state index is -4.31. The van der Waals surface area contributed by atoms with E-state index in [1.165, 1.54) is 6.07 Å². The summed E-state index contributed by atoms with van der Waals surface area (Å²) in [5.74, 6) is 0. The first-order valence-corrected chi connectivity index (χ1v) is 6.31. The van der Waals surface area contributed by atoms with Crippen LogP contribution in [0, 0.1) is 0 Å². The van der Waals surface area contributed by atoms with Crippen molar-refractivity contribution in [3.8, 4) is 0 Å². The second-order valence-electron chi connectivity index (χ2n) is 4.65. The summed E-state index contributed by atoms with van der Waals surface area (Å²) in [7, 11) is 1.62. The number of halogens is 3. The smallest absolute Gasteiger partial charge is 0.388 e. The molecule has 1 aromatic carbocycles. The molecule has 2 rings (SSSR count). The molecule has 0 spiro atoms. The lowest BCUT2D eigenvalue weighted by molar-refractivity contribution is -0.138. The summed E-state index contributed by atoms with van der Waals surface area (Å²) in [6.07, 6.45) is -4.31. The van der Waals surface area contributed by atoms with Crippen LogP contribution in [-0.2, 0) is 12.7 Å². The van der Waals surface area contributed by atoms with Crippen molar-refractivity contribution in [1.29, 1.82) is 0 Å². The molecule has 0 atom stereocenters. The van der Waals surface area contributed by atoms with Crippen LogP contribution in [-0.4, -0.2) is 38.1 Å². The van der Waals surface area contributed by atoms with Gasteiger partial charge in [-0.05, 0) is 17.7 Å². The number of rotatable bonds is 3. The molecule has 0 amide bonds. The van der Waals surface area contributed by atoms with E-state index >= 15 is 0 Å². The molecule has 0 bridgehead atoms. The van der Waals surface area contributed by atoms with Crippen molar-refractivity contribution in [2.75, 3.05) is 38.5 Å². The topological polar surface area (TPSA) is 27.3 Å². The van der Waals surface area contributed by atoms with Crippen molar-refractivity contribution < 1.29 is 13.2 Å². The number of hydrogen-bond acceptors (Lipinski definition) is 3. The predicted octanol–water partition coefficient (Wildman–Crippen LogP) is 2.15. The maximum atomic E-state index is 13.1. The van der Waals surface area contributed by atoms with E-state index < -0.39 is 11.7 Å². The van der Waals surface area contributed by atoms with Gasteiger partial charge in [0, 0.05) is 45.5 Å². The molecule has 0 radical (unpaired) electrons. The minimum absolute atomic E-state index is 0.341. The molecule has 1 fully saturated rings. The zero-order chi connectivity index (χ0) is 13.9. The fourth-order valence-corrected chi connectivity index (χ4v) is 2.24. The Morgan fingerprint density at radius 3 is 2.53 bits per heavy atom. The SMILES string of the molecule is CNc1ccc(CN2CCNCC2)c(C(F)(F)F)c1. The van der Waals surface area contributed by atoms with Crippen molar-refractivity contribution in [3.63, 3.8) is 0 Å². The molecule has 1 aromatic rings. The van der Waals surface area contributed by atoms with Gasteiger partial charge in [-0.25, -0.2) is 0 Å². The molecule has 0 saturated carbocycles. The van der Waals surface area contributed by atoms with E-state index in [2.05, 4.69) is 10.6 Å². The molecule has 1 heterocycles. The number of alkyl halides is 3. The van der Waals surface area contributed by atoms with E-state index in [-0.39, 0.29) is 0 Å². The number of benzene rings is 1. The van der Waals surface area contributed by atoms with Gasteiger partial charge in [0.2, 0.25) is 0 Å². The first-order chi connectivity index (χ1) is 9.00. The fraction of sp³-hybridized carbons (Fsp3) is 0.538. The molecule has 0 aliphatic carbocycles. The summed E-state index contributed by atoms with van der Waals surface area (Å²) in [4.78, 5) is 2.04. The predicted molar refractivity (Wildman–Crippen MR) is 69.1 cm³/mol. The Morgan fingerprint density at radius 1 is 1.26 bits per heavy atom. The Hall–Kier alpha value is -1.27. The minimum Gasteiger partial charge on any atom is -0.388 e. The quantitative estimate of drug-likeness (QED) is 0.883. The largest absolute Gasteiger partial charge is 0.416 e. The number of piperazine rings is 1. The van der Waals surface area contributed by atoms with Crippen LogP contribution in [0.25, 0.3) is 0 Å². The molecular weight excluding hydrogens is 255 g/mol. The first-order valence-electron chi connectivity index (χ1n) is 6.31. The first kappa shape index (κ1) is 14.1. The van der Waals surface area contributed by atoms with Crippen LogP contribution in [0.5, 0.6) is 0 Å². The van der Waals surface area contributed by atoms with Gasteiger partial charge in [-0.2, -0.15) is 13.2 Å². The Kier molecular flexibility index (Phi) is 4.31. The van der Waals surface area contributed by atoms with E-state index in [4.69, 9.17) is 0 Å². The summed E-state index contributed by atoms with van der Waals surface area (Å²) in [5.41, 5.74) is 0.280. The third-order valence-corrected chi connectivity index (χ3v) is 3.31. The second-order valence-corrected chi connectivity index (χ2v) is 4.65. The van der Waals surface area contributed by atoms with Crippen molar-refractivity contribution in [2.45, 2.75) is 12.7 Å². The van der Waals surface area contributed by atoms with Crippen LogP contribution >= 0.6 is 0 Å². The Bertz CT molecular complexity index is 426. The maximum Gasteiger partial charge on any atom is 0.416 e. The van der Waals surface area contributed by atoms with Crippen LogP contribution in [0.15, 0.2) is 18.2 Å². The van der Waals surface area contributed by atoms with Crippen molar-refractivity contribution >= 4 is 5.69 Å². The van der Waals surface area contributed by atoms with Gasteiger partial charge in [0.25, 0.3) is 0 Å². The Morgan fingerprint density at radius 2 is 1.95 bits per heavy atom. The molecule has 6 heteroatoms. The van der Waals surface area contributed by atoms with Crippen molar-refractivity contribution in [1.82, 2.24) is 10.2 Å². The fourth-order valence-electron chi connectivity index (χ4n) is 2.24. The second kappa shape index (κ2) is 5.79. The van der Waals surface area contributed by atoms with Gasteiger partial charge in [0.15, 0.2) is 0 Å². The number of nitrogens with zero attached hydrogens (tertiary/aromatic N) is 1. The highest BCUT2D eigenvalue weighted by atomic mass is 19.4. The van der Waals surface area contributed by atoms with Gasteiger partial charge >= 0.3 is 6.18 Å². The van der Waals surface area contributed by atoms with Crippen LogP contribution in [0.1, 0.15) is 11.1 Å². The summed E-state index contributed by atoms with van der Waals surface area (Å²) in [6, 6.07) is 4.43. The van der Waals surface area contributed by atoms with E-state index in [1.807, 2.05) is 4.90 Å². The normalized spacial score (nSPS) is 17.5. The molecule has 1 aliphatic heterocycles. The summed E-state index contributed by atoms with van der Waals surface area (Å²) >= 11 is 0. The zero-order valence-corrected chi connectivity index (χ0v) is 10.8. The van der Waals surface area contributed by atoms with Crippen LogP contribution in [0.4, 0.5) is 18.9 Å². The lowest BCUT2D eigenvalue weighted by Gasteiger charge is -2.28. The molecule has 0 aromatic heterocycles. The molecule has 19 heavy (non-hydrogen) atoms. The van der Waals surface area contributed by atoms with Gasteiger partial charge in [-0.1, -0.05) is 6.07 Å². The van der Waals surface area contributed by atoms with E-state index in [1.54, 1.807) is 19.2 Å². The third kappa shape index (κ3) is 3.61. The van der Waals surface area contributed by atoms with Gasteiger partial charge in [0.1, 0.15) is 0 Å². The van der Waals surface area contributed by atoms with E-state index in [0.29, 0.717) is 17.8 Å². The van der Waals surface area contributed by atoms with Crippen LogP contribution < -0.4 is 10.6 Å². The van der Waals surface area contributed by atoms with E-state index in [0.717, 1.165) is 26.2 Å². The monoisotopic (exact) mass is 273 g/mol. The molecule has 0 unspecified atom stereocenters. The molecule has 1 saturated heterocycles. The van der Waals surface area contributed by atoms with Gasteiger partial charge < -0.3 is 10.6 Å². The van der Waals surface area contributed by atoms with Crippen LogP contribution in [0.2, 0.25) is 0 Å². The van der Waals surface area contributed by atoms with Crippen molar-refractivity contribution in [2.24, 2.45) is 0 Å². The lowest BCUT2D eigenvalue weighted by atomic mass is 10.0. The molecule has 106 valence electrons. The molecule has 3 nitrogen and oxygen atoms in total. The van der Waals surface area contributed by atoms with Crippen LogP contribution in [0.3, 0.4) is 0 Å². The van der Waals surface area contributed by atoms with E-state index in [9.17, 15) is 13.2 Å². The van der Waals surface area contributed by atoms with Gasteiger partial charge in [-0.3, -0.25) is 4.90 Å². The van der Waals surface area contributed by atoms with Gasteiger partial charge in [-0.15, -0.1) is 0 Å². The molecule has 1 aliphatic rings. The maximum absolute atomic E-state index is 13.1. The highest BCUT2D eigenvalue weighted by Crippen LogP contribution is 2.34. The third-order valence-electron chi connectivity index (χ3n) is 3.31. The average Bonchev–Trinajstić information content (AvgIpc) is 2.39. The highest BCUT2D eigenvalue weighted by molar-refractivity contribution is 5.49. The Labute approximate surface area is 110 Å². The molecule has 2 N–H and O–H groups in total. The summed E-state index contributed by atoms with van der Waals surface area (Å²) in [6.45, 7) is 3.57. The highest BCUT2D eigenvalue weighted by Gasteiger charge is 2.34. The standard InChI is InChI=1S/C13H18F3N3/c1-17-11-3-2-10(12(8-11)13(14,15)16)9-19-6-4-18-5-7-19/h2-3,8,17-18H,4-7,9H2,1H3. The summed E-state index contributed by atoms with van der Waals surface area (Å²) < 4.78 is 39.2. The number of anilines is 1.